The lowest BCUT2D eigenvalue weighted by atomic mass is 10.1. The lowest BCUT2D eigenvalue weighted by molar-refractivity contribution is 0.236. The summed E-state index contributed by atoms with van der Waals surface area (Å²) < 4.78 is 11.0. The van der Waals surface area contributed by atoms with E-state index in [4.69, 9.17) is 9.15 Å². The second-order valence-corrected chi connectivity index (χ2v) is 5.87. The number of hydrogen-bond donors (Lipinski definition) is 1. The Hall–Kier alpha value is -2.52. The van der Waals surface area contributed by atoms with E-state index in [1.165, 1.54) is 19.3 Å². The lowest BCUT2D eigenvalue weighted by Crippen LogP contribution is -2.33. The minimum absolute atomic E-state index is 0.284. The topological polar surface area (TPSA) is 74.3 Å². The van der Waals surface area contributed by atoms with Crippen molar-refractivity contribution in [2.75, 3.05) is 38.6 Å². The molecule has 0 atom stereocenters. The van der Waals surface area contributed by atoms with Crippen LogP contribution in [0.15, 0.2) is 28.7 Å². The summed E-state index contributed by atoms with van der Waals surface area (Å²) in [7, 11) is 1.61. The van der Waals surface area contributed by atoms with E-state index in [1.54, 1.807) is 7.11 Å². The first-order valence-corrected chi connectivity index (χ1v) is 8.32. The van der Waals surface area contributed by atoms with E-state index in [2.05, 4.69) is 21.3 Å². The molecule has 1 saturated heterocycles. The minimum atomic E-state index is 0.284. The van der Waals surface area contributed by atoms with Gasteiger partial charge in [-0.3, -0.25) is 0 Å². The summed E-state index contributed by atoms with van der Waals surface area (Å²) in [6.45, 7) is 3.98. The summed E-state index contributed by atoms with van der Waals surface area (Å²) in [6.07, 6.45) is 3.87. The van der Waals surface area contributed by atoms with Crippen LogP contribution >= 0.6 is 0 Å². The molecule has 0 amide bonds. The van der Waals surface area contributed by atoms with Crippen LogP contribution in [-0.2, 0) is 0 Å². The number of ether oxygens (including phenoxy) is 1. The molecule has 6 nitrogen and oxygen atoms in total. The highest BCUT2D eigenvalue weighted by Gasteiger charge is 2.15. The fraction of sp³-hybridized carbons (Fsp3) is 0.444. The third-order valence-corrected chi connectivity index (χ3v) is 4.21. The summed E-state index contributed by atoms with van der Waals surface area (Å²) in [6, 6.07) is 9.54. The smallest absolute Gasteiger partial charge is 0.232 e. The predicted octanol–water partition coefficient (Wildman–Crippen LogP) is 3.12. The van der Waals surface area contributed by atoms with Crippen molar-refractivity contribution in [1.82, 2.24) is 9.88 Å². The van der Waals surface area contributed by atoms with Gasteiger partial charge in [-0.1, -0.05) is 12.5 Å². The summed E-state index contributed by atoms with van der Waals surface area (Å²) in [4.78, 5) is 6.71. The molecule has 1 fully saturated rings. The average molecular weight is 326 g/mol. The van der Waals surface area contributed by atoms with Gasteiger partial charge in [0.25, 0.3) is 0 Å². The average Bonchev–Trinajstić information content (AvgIpc) is 3.06. The van der Waals surface area contributed by atoms with Gasteiger partial charge >= 0.3 is 0 Å². The summed E-state index contributed by atoms with van der Waals surface area (Å²) in [5.74, 6) is 1.59. The molecular weight excluding hydrogens is 304 g/mol. The molecule has 1 N–H and O–H groups in total. The van der Waals surface area contributed by atoms with Crippen LogP contribution in [0.2, 0.25) is 0 Å². The Morgan fingerprint density at radius 2 is 2.17 bits per heavy atom. The first-order valence-electron chi connectivity index (χ1n) is 8.32. The number of aromatic nitrogens is 1. The first-order chi connectivity index (χ1) is 11.8. The molecule has 2 aromatic rings. The van der Waals surface area contributed by atoms with Crippen LogP contribution in [0.3, 0.4) is 0 Å². The molecule has 2 heterocycles. The number of oxazole rings is 1. The molecule has 0 bridgehead atoms. The van der Waals surface area contributed by atoms with Gasteiger partial charge in [0, 0.05) is 18.7 Å². The molecule has 1 aliphatic rings. The van der Waals surface area contributed by atoms with E-state index >= 15 is 0 Å². The van der Waals surface area contributed by atoms with Gasteiger partial charge in [-0.2, -0.15) is 10.2 Å². The zero-order chi connectivity index (χ0) is 16.8. The maximum Gasteiger partial charge on any atom is 0.232 e. The van der Waals surface area contributed by atoms with Gasteiger partial charge in [-0.15, -0.1) is 0 Å². The van der Waals surface area contributed by atoms with Crippen molar-refractivity contribution in [3.8, 4) is 23.3 Å². The number of anilines is 1. The molecule has 126 valence electrons. The van der Waals surface area contributed by atoms with E-state index in [9.17, 15) is 5.26 Å². The molecule has 0 aliphatic carbocycles. The van der Waals surface area contributed by atoms with Crippen LogP contribution in [0.4, 0.5) is 5.88 Å². The Morgan fingerprint density at radius 3 is 2.92 bits per heavy atom. The van der Waals surface area contributed by atoms with Gasteiger partial charge in [0.15, 0.2) is 0 Å². The zero-order valence-corrected chi connectivity index (χ0v) is 13.9. The Bertz CT molecular complexity index is 714. The van der Waals surface area contributed by atoms with Crippen molar-refractivity contribution in [3.05, 3.63) is 30.0 Å². The van der Waals surface area contributed by atoms with E-state index in [0.717, 1.165) is 37.5 Å². The number of piperidine rings is 1. The fourth-order valence-electron chi connectivity index (χ4n) is 2.91. The predicted molar refractivity (Wildman–Crippen MR) is 92.0 cm³/mol. The number of likely N-dealkylation sites (tertiary alicyclic amines) is 1. The van der Waals surface area contributed by atoms with E-state index in [0.29, 0.717) is 11.8 Å². The lowest BCUT2D eigenvalue weighted by Gasteiger charge is -2.26. The molecule has 1 aromatic heterocycles. The van der Waals surface area contributed by atoms with Crippen LogP contribution in [0.5, 0.6) is 5.75 Å². The third-order valence-electron chi connectivity index (χ3n) is 4.21. The fourth-order valence-corrected chi connectivity index (χ4v) is 2.91. The van der Waals surface area contributed by atoms with Gasteiger partial charge in [0.2, 0.25) is 17.5 Å². The largest absolute Gasteiger partial charge is 0.497 e. The number of benzene rings is 1. The Kier molecular flexibility index (Phi) is 5.34. The summed E-state index contributed by atoms with van der Waals surface area (Å²) in [5, 5.41) is 12.5. The van der Waals surface area contributed by atoms with Gasteiger partial charge in [-0.05, 0) is 44.1 Å². The van der Waals surface area contributed by atoms with E-state index in [-0.39, 0.29) is 5.69 Å². The number of methoxy groups -OCH3 is 1. The van der Waals surface area contributed by atoms with Gasteiger partial charge in [0.05, 0.1) is 7.11 Å². The van der Waals surface area contributed by atoms with Crippen LogP contribution in [-0.4, -0.2) is 43.2 Å². The number of nitrogens with zero attached hydrogens (tertiary/aromatic N) is 3. The highest BCUT2D eigenvalue weighted by atomic mass is 16.5. The van der Waals surface area contributed by atoms with Crippen molar-refractivity contribution in [2.45, 2.75) is 19.3 Å². The first kappa shape index (κ1) is 16.3. The molecule has 0 spiro atoms. The zero-order valence-electron chi connectivity index (χ0n) is 13.9. The molecule has 1 aliphatic heterocycles. The maximum absolute atomic E-state index is 9.28. The van der Waals surface area contributed by atoms with Gasteiger partial charge < -0.3 is 19.4 Å². The van der Waals surface area contributed by atoms with Gasteiger partial charge in [-0.25, -0.2) is 0 Å². The highest BCUT2D eigenvalue weighted by molar-refractivity contribution is 5.60. The summed E-state index contributed by atoms with van der Waals surface area (Å²) in [5.41, 5.74) is 1.07. The Balaban J connectivity index is 1.67. The normalized spacial score (nSPS) is 15.0. The minimum Gasteiger partial charge on any atom is -0.497 e. The monoisotopic (exact) mass is 326 g/mol. The van der Waals surface area contributed by atoms with Crippen molar-refractivity contribution in [2.24, 2.45) is 0 Å². The van der Waals surface area contributed by atoms with Crippen molar-refractivity contribution < 1.29 is 9.15 Å². The number of nitriles is 1. The van der Waals surface area contributed by atoms with Crippen molar-refractivity contribution in [3.63, 3.8) is 0 Å². The van der Waals surface area contributed by atoms with Crippen LogP contribution in [0.1, 0.15) is 25.0 Å². The Labute approximate surface area is 142 Å². The SMILES string of the molecule is COc1cccc(-c2nc(C#N)c(NCCN3CCCCC3)o2)c1. The molecule has 1 aromatic carbocycles. The molecule has 6 heteroatoms. The second kappa shape index (κ2) is 7.84. The maximum atomic E-state index is 9.28. The molecular formula is C18H22N4O2. The van der Waals surface area contributed by atoms with Crippen LogP contribution < -0.4 is 10.1 Å². The van der Waals surface area contributed by atoms with E-state index < -0.39 is 0 Å². The van der Waals surface area contributed by atoms with Crippen LogP contribution in [0.25, 0.3) is 11.5 Å². The standard InChI is InChI=1S/C18H22N4O2/c1-23-15-7-5-6-14(12-15)17-21-16(13-19)18(24-17)20-8-11-22-9-3-2-4-10-22/h5-7,12,20H,2-4,8-11H2,1H3. The summed E-state index contributed by atoms with van der Waals surface area (Å²) >= 11 is 0. The molecule has 0 saturated carbocycles. The second-order valence-electron chi connectivity index (χ2n) is 5.87. The van der Waals surface area contributed by atoms with E-state index in [1.807, 2.05) is 24.3 Å². The van der Waals surface area contributed by atoms with Crippen molar-refractivity contribution >= 4 is 5.88 Å². The number of nitrogens with one attached hydrogen (secondary N) is 1. The Morgan fingerprint density at radius 1 is 1.33 bits per heavy atom. The highest BCUT2D eigenvalue weighted by Crippen LogP contribution is 2.27. The molecule has 24 heavy (non-hydrogen) atoms. The number of hydrogen-bond acceptors (Lipinski definition) is 6. The van der Waals surface area contributed by atoms with Crippen LogP contribution in [0, 0.1) is 11.3 Å². The molecule has 0 unspecified atom stereocenters. The van der Waals surface area contributed by atoms with Gasteiger partial charge in [0.1, 0.15) is 11.8 Å². The quantitative estimate of drug-likeness (QED) is 0.879. The number of rotatable bonds is 6. The molecule has 3 rings (SSSR count). The third kappa shape index (κ3) is 3.87. The van der Waals surface area contributed by atoms with Crippen molar-refractivity contribution in [1.29, 1.82) is 5.26 Å². The molecule has 0 radical (unpaired) electrons.